The van der Waals surface area contributed by atoms with Gasteiger partial charge in [-0.2, -0.15) is 0 Å². The molecule has 0 spiro atoms. The van der Waals surface area contributed by atoms with Crippen molar-refractivity contribution in [2.45, 2.75) is 6.92 Å². The first kappa shape index (κ1) is 19.2. The Morgan fingerprint density at radius 3 is 2.76 bits per heavy atom. The molecule has 1 N–H and O–H groups in total. The molecule has 8 heteroatoms. The lowest BCUT2D eigenvalue weighted by atomic mass is 10.1. The van der Waals surface area contributed by atoms with Crippen molar-refractivity contribution in [3.63, 3.8) is 0 Å². The third-order valence-electron chi connectivity index (χ3n) is 4.12. The number of halogens is 1. The highest BCUT2D eigenvalue weighted by molar-refractivity contribution is 7.14. The first-order valence-corrected chi connectivity index (χ1v) is 10.0. The van der Waals surface area contributed by atoms with Crippen LogP contribution in [0.5, 0.6) is 0 Å². The summed E-state index contributed by atoms with van der Waals surface area (Å²) in [5, 5.41) is 6.83. The molecular formula is C21H15ClN2O4S. The van der Waals surface area contributed by atoms with Gasteiger partial charge in [0.15, 0.2) is 5.13 Å². The van der Waals surface area contributed by atoms with E-state index in [1.165, 1.54) is 11.3 Å². The van der Waals surface area contributed by atoms with Crippen LogP contribution in [0.4, 0.5) is 10.8 Å². The van der Waals surface area contributed by atoms with Gasteiger partial charge in [-0.1, -0.05) is 11.6 Å². The number of anilines is 2. The van der Waals surface area contributed by atoms with Crippen molar-refractivity contribution < 1.29 is 13.9 Å². The van der Waals surface area contributed by atoms with E-state index in [-0.39, 0.29) is 5.97 Å². The quantitative estimate of drug-likeness (QED) is 0.335. The standard InChI is InChI=1S/C21H15ClN2O4S/c1-2-27-19(25)12-3-6-15(7-4-12)23-21-24-17(11-29-21)16-10-13-9-14(22)5-8-18(13)28-20(16)26/h3-11H,2H2,1H3,(H,23,24). The van der Waals surface area contributed by atoms with Gasteiger partial charge in [0.05, 0.1) is 23.4 Å². The molecule has 2 aromatic heterocycles. The van der Waals surface area contributed by atoms with E-state index in [9.17, 15) is 9.59 Å². The Morgan fingerprint density at radius 2 is 2.00 bits per heavy atom. The summed E-state index contributed by atoms with van der Waals surface area (Å²) in [6.45, 7) is 2.09. The molecule has 0 saturated heterocycles. The number of esters is 1. The van der Waals surface area contributed by atoms with Crippen LogP contribution in [-0.4, -0.2) is 17.6 Å². The van der Waals surface area contributed by atoms with Crippen molar-refractivity contribution in [3.8, 4) is 11.3 Å². The monoisotopic (exact) mass is 426 g/mol. The van der Waals surface area contributed by atoms with Gasteiger partial charge in [0.25, 0.3) is 0 Å². The summed E-state index contributed by atoms with van der Waals surface area (Å²) in [7, 11) is 0. The van der Waals surface area contributed by atoms with Gasteiger partial charge in [0, 0.05) is 21.5 Å². The lowest BCUT2D eigenvalue weighted by Crippen LogP contribution is -2.04. The minimum atomic E-state index is -0.463. The van der Waals surface area contributed by atoms with Crippen LogP contribution in [0.15, 0.2) is 63.1 Å². The first-order valence-electron chi connectivity index (χ1n) is 8.77. The van der Waals surface area contributed by atoms with Gasteiger partial charge in [-0.3, -0.25) is 0 Å². The molecule has 4 aromatic rings. The molecule has 4 rings (SSSR count). The third kappa shape index (κ3) is 4.16. The number of hydrogen-bond donors (Lipinski definition) is 1. The normalized spacial score (nSPS) is 10.8. The predicted octanol–water partition coefficient (Wildman–Crippen LogP) is 5.49. The number of carbonyl (C=O) groups excluding carboxylic acids is 1. The maximum absolute atomic E-state index is 12.3. The second kappa shape index (κ2) is 8.06. The van der Waals surface area contributed by atoms with Crippen molar-refractivity contribution in [2.75, 3.05) is 11.9 Å². The summed E-state index contributed by atoms with van der Waals surface area (Å²) in [6.07, 6.45) is 0. The number of rotatable bonds is 5. The van der Waals surface area contributed by atoms with E-state index in [2.05, 4.69) is 10.3 Å². The van der Waals surface area contributed by atoms with Crippen LogP contribution in [0, 0.1) is 0 Å². The Labute approximate surface area is 174 Å². The highest BCUT2D eigenvalue weighted by atomic mass is 35.5. The topological polar surface area (TPSA) is 81.4 Å². The van der Waals surface area contributed by atoms with E-state index in [0.29, 0.717) is 39.2 Å². The van der Waals surface area contributed by atoms with Gasteiger partial charge in [0.1, 0.15) is 5.58 Å². The molecule has 6 nitrogen and oxygen atoms in total. The van der Waals surface area contributed by atoms with Crippen molar-refractivity contribution >= 4 is 50.7 Å². The van der Waals surface area contributed by atoms with Crippen LogP contribution < -0.4 is 10.9 Å². The Kier molecular flexibility index (Phi) is 5.33. The molecule has 0 saturated carbocycles. The van der Waals surface area contributed by atoms with Gasteiger partial charge in [-0.05, 0) is 55.5 Å². The fourth-order valence-electron chi connectivity index (χ4n) is 2.76. The molecule has 29 heavy (non-hydrogen) atoms. The molecule has 0 atom stereocenters. The van der Waals surface area contributed by atoms with Crippen LogP contribution in [0.1, 0.15) is 17.3 Å². The fourth-order valence-corrected chi connectivity index (χ4v) is 3.67. The predicted molar refractivity (Wildman–Crippen MR) is 114 cm³/mol. The second-order valence-electron chi connectivity index (χ2n) is 6.09. The van der Waals surface area contributed by atoms with Crippen molar-refractivity contribution in [1.82, 2.24) is 4.98 Å². The van der Waals surface area contributed by atoms with Crippen LogP contribution in [0.25, 0.3) is 22.2 Å². The molecular weight excluding hydrogens is 412 g/mol. The zero-order valence-electron chi connectivity index (χ0n) is 15.3. The van der Waals surface area contributed by atoms with Gasteiger partial charge < -0.3 is 14.5 Å². The summed E-state index contributed by atoms with van der Waals surface area (Å²) in [5.41, 5.74) is 2.12. The molecule has 0 aliphatic rings. The molecule has 0 fully saturated rings. The van der Waals surface area contributed by atoms with Gasteiger partial charge >= 0.3 is 11.6 Å². The molecule has 0 aliphatic carbocycles. The molecule has 0 unspecified atom stereocenters. The zero-order valence-corrected chi connectivity index (χ0v) is 16.8. The number of aromatic nitrogens is 1. The van der Waals surface area contributed by atoms with Gasteiger partial charge in [-0.15, -0.1) is 11.3 Å². The molecule has 2 aromatic carbocycles. The smallest absolute Gasteiger partial charge is 0.345 e. The van der Waals surface area contributed by atoms with Crippen molar-refractivity contribution in [2.24, 2.45) is 0 Å². The molecule has 0 amide bonds. The zero-order chi connectivity index (χ0) is 20.4. The highest BCUT2D eigenvalue weighted by Crippen LogP contribution is 2.28. The van der Waals surface area contributed by atoms with E-state index < -0.39 is 5.63 Å². The third-order valence-corrected chi connectivity index (χ3v) is 5.11. The van der Waals surface area contributed by atoms with Gasteiger partial charge in [-0.25, -0.2) is 14.6 Å². The Morgan fingerprint density at radius 1 is 1.21 bits per heavy atom. The summed E-state index contributed by atoms with van der Waals surface area (Å²) in [6, 6.07) is 13.7. The highest BCUT2D eigenvalue weighted by Gasteiger charge is 2.12. The van der Waals surface area contributed by atoms with E-state index in [4.69, 9.17) is 20.8 Å². The SMILES string of the molecule is CCOC(=O)c1ccc(Nc2nc(-c3cc4cc(Cl)ccc4oc3=O)cs2)cc1. The number of ether oxygens (including phenoxy) is 1. The molecule has 2 heterocycles. The largest absolute Gasteiger partial charge is 0.462 e. The molecule has 146 valence electrons. The summed E-state index contributed by atoms with van der Waals surface area (Å²) >= 11 is 7.38. The number of thiazole rings is 1. The first-order chi connectivity index (χ1) is 14.0. The van der Waals surface area contributed by atoms with Crippen LogP contribution in [0.2, 0.25) is 5.02 Å². The lowest BCUT2D eigenvalue weighted by Gasteiger charge is -2.05. The second-order valence-corrected chi connectivity index (χ2v) is 7.38. The fraction of sp³-hybridized carbons (Fsp3) is 0.0952. The minimum absolute atomic E-state index is 0.329. The number of nitrogens with zero attached hydrogens (tertiary/aromatic N) is 1. The summed E-state index contributed by atoms with van der Waals surface area (Å²) in [4.78, 5) is 28.5. The Hall–Kier alpha value is -3.16. The van der Waals surface area contributed by atoms with Crippen LogP contribution in [-0.2, 0) is 4.74 Å². The van der Waals surface area contributed by atoms with Crippen LogP contribution in [0.3, 0.4) is 0 Å². The van der Waals surface area contributed by atoms with Crippen molar-refractivity contribution in [1.29, 1.82) is 0 Å². The number of hydrogen-bond acceptors (Lipinski definition) is 7. The van der Waals surface area contributed by atoms with E-state index in [0.717, 1.165) is 11.1 Å². The number of fused-ring (bicyclic) bond motifs is 1. The van der Waals surface area contributed by atoms with Crippen LogP contribution >= 0.6 is 22.9 Å². The number of nitrogens with one attached hydrogen (secondary N) is 1. The van der Waals surface area contributed by atoms with E-state index in [1.54, 1.807) is 60.8 Å². The maximum Gasteiger partial charge on any atom is 0.345 e. The molecule has 0 aliphatic heterocycles. The molecule has 0 radical (unpaired) electrons. The average molecular weight is 427 g/mol. The summed E-state index contributed by atoms with van der Waals surface area (Å²) in [5.74, 6) is -0.362. The molecule has 0 bridgehead atoms. The summed E-state index contributed by atoms with van der Waals surface area (Å²) < 4.78 is 10.3. The van der Waals surface area contributed by atoms with Crippen molar-refractivity contribution in [3.05, 3.63) is 74.9 Å². The van der Waals surface area contributed by atoms with E-state index in [1.807, 2.05) is 0 Å². The minimum Gasteiger partial charge on any atom is -0.462 e. The van der Waals surface area contributed by atoms with E-state index >= 15 is 0 Å². The Balaban J connectivity index is 1.57. The number of benzene rings is 2. The van der Waals surface area contributed by atoms with Gasteiger partial charge in [0.2, 0.25) is 0 Å². The maximum atomic E-state index is 12.3. The lowest BCUT2D eigenvalue weighted by molar-refractivity contribution is 0.0526. The average Bonchev–Trinajstić information content (AvgIpc) is 3.16. The Bertz CT molecular complexity index is 1250. The number of carbonyl (C=O) groups is 1.